The van der Waals surface area contributed by atoms with Crippen LogP contribution in [0.3, 0.4) is 0 Å². The monoisotopic (exact) mass is 342 g/mol. The van der Waals surface area contributed by atoms with Gasteiger partial charge in [-0.1, -0.05) is 31.2 Å². The number of carbonyl (C=O) groups is 2. The lowest BCUT2D eigenvalue weighted by atomic mass is 10.1. The van der Waals surface area contributed by atoms with Gasteiger partial charge in [-0.15, -0.1) is 12.4 Å². The van der Waals surface area contributed by atoms with Gasteiger partial charge in [0.05, 0.1) is 12.6 Å². The summed E-state index contributed by atoms with van der Waals surface area (Å²) in [6.45, 7) is 6.81. The average molecular weight is 343 g/mol. The molecule has 0 spiro atoms. The van der Waals surface area contributed by atoms with Gasteiger partial charge in [-0.2, -0.15) is 0 Å². The molecule has 0 aliphatic carbocycles. The number of nitrogens with one attached hydrogen (secondary N) is 1. The molecule has 0 aromatic heterocycles. The number of hydrogen-bond acceptors (Lipinski definition) is 3. The minimum atomic E-state index is -0.909. The van der Waals surface area contributed by atoms with E-state index in [1.807, 2.05) is 19.1 Å². The zero-order valence-corrected chi connectivity index (χ0v) is 14.9. The number of halogens is 1. The summed E-state index contributed by atoms with van der Waals surface area (Å²) in [4.78, 5) is 24.7. The van der Waals surface area contributed by atoms with E-state index in [1.165, 1.54) is 11.1 Å². The highest BCUT2D eigenvalue weighted by Crippen LogP contribution is 2.07. The molecular weight excluding hydrogens is 316 g/mol. The molecule has 0 heterocycles. The van der Waals surface area contributed by atoms with E-state index >= 15 is 0 Å². The Morgan fingerprint density at radius 3 is 2.52 bits per heavy atom. The van der Waals surface area contributed by atoms with E-state index in [1.54, 1.807) is 11.8 Å². The summed E-state index contributed by atoms with van der Waals surface area (Å²) in [5, 5.41) is 11.8. The van der Waals surface area contributed by atoms with Gasteiger partial charge in [-0.05, 0) is 44.4 Å². The van der Waals surface area contributed by atoms with Crippen molar-refractivity contribution >= 4 is 24.3 Å². The lowest BCUT2D eigenvalue weighted by Gasteiger charge is -2.26. The fraction of sp³-hybridized carbons (Fsp3) is 0.529. The number of hydrogen-bond donors (Lipinski definition) is 2. The Hall–Kier alpha value is -1.59. The summed E-state index contributed by atoms with van der Waals surface area (Å²) in [6.07, 6.45) is 1.59. The van der Waals surface area contributed by atoms with Crippen molar-refractivity contribution in [2.75, 3.05) is 19.6 Å². The Labute approximate surface area is 144 Å². The summed E-state index contributed by atoms with van der Waals surface area (Å²) >= 11 is 0. The Morgan fingerprint density at radius 2 is 1.96 bits per heavy atom. The summed E-state index contributed by atoms with van der Waals surface area (Å²) in [5.74, 6) is -1.03. The molecule has 1 unspecified atom stereocenters. The summed E-state index contributed by atoms with van der Waals surface area (Å²) < 4.78 is 0. The number of carbonyl (C=O) groups excluding carboxylic acids is 1. The Bertz CT molecular complexity index is 508. The molecule has 1 aromatic rings. The van der Waals surface area contributed by atoms with Crippen molar-refractivity contribution in [1.82, 2.24) is 10.2 Å². The van der Waals surface area contributed by atoms with Crippen LogP contribution >= 0.6 is 12.4 Å². The molecule has 0 saturated carbocycles. The quantitative estimate of drug-likeness (QED) is 0.722. The van der Waals surface area contributed by atoms with Crippen LogP contribution in [0.15, 0.2) is 24.3 Å². The van der Waals surface area contributed by atoms with Crippen LogP contribution in [0.4, 0.5) is 0 Å². The van der Waals surface area contributed by atoms with Crippen LogP contribution in [0.2, 0.25) is 0 Å². The number of carboxylic acids is 1. The minimum absolute atomic E-state index is 0. The number of carboxylic acid groups (broad SMARTS) is 1. The predicted octanol–water partition coefficient (Wildman–Crippen LogP) is 2.26. The highest BCUT2D eigenvalue weighted by molar-refractivity contribution is 5.85. The fourth-order valence-corrected chi connectivity index (χ4v) is 2.40. The van der Waals surface area contributed by atoms with E-state index in [4.69, 9.17) is 5.11 Å². The average Bonchev–Trinajstić information content (AvgIpc) is 2.47. The normalized spacial score (nSPS) is 11.7. The zero-order valence-electron chi connectivity index (χ0n) is 14.0. The molecule has 130 valence electrons. The molecule has 1 aromatic carbocycles. The third-order valence-corrected chi connectivity index (χ3v) is 3.73. The second kappa shape index (κ2) is 11.0. The molecule has 0 aliphatic rings. The molecule has 23 heavy (non-hydrogen) atoms. The molecular formula is C17H27ClN2O3. The van der Waals surface area contributed by atoms with Gasteiger partial charge in [0.2, 0.25) is 5.91 Å². The van der Waals surface area contributed by atoms with Gasteiger partial charge in [-0.3, -0.25) is 14.5 Å². The molecule has 0 fully saturated rings. The maximum atomic E-state index is 12.2. The third kappa shape index (κ3) is 7.48. The molecule has 5 nitrogen and oxygen atoms in total. The van der Waals surface area contributed by atoms with E-state index in [0.29, 0.717) is 13.1 Å². The van der Waals surface area contributed by atoms with Crippen molar-refractivity contribution in [2.45, 2.75) is 39.7 Å². The van der Waals surface area contributed by atoms with Crippen LogP contribution in [0.1, 0.15) is 31.4 Å². The van der Waals surface area contributed by atoms with Gasteiger partial charge in [0.15, 0.2) is 0 Å². The van der Waals surface area contributed by atoms with Crippen LogP contribution in [-0.2, 0) is 16.0 Å². The maximum Gasteiger partial charge on any atom is 0.317 e. The highest BCUT2D eigenvalue weighted by Gasteiger charge is 2.22. The van der Waals surface area contributed by atoms with E-state index in [9.17, 15) is 9.59 Å². The fourth-order valence-electron chi connectivity index (χ4n) is 2.40. The number of amides is 1. The molecule has 1 rings (SSSR count). The van der Waals surface area contributed by atoms with Crippen molar-refractivity contribution in [3.05, 3.63) is 35.4 Å². The second-order valence-electron chi connectivity index (χ2n) is 5.51. The summed E-state index contributed by atoms with van der Waals surface area (Å²) in [5.41, 5.74) is 2.43. The standard InChI is InChI=1S/C17H26N2O3.ClH/c1-4-11-19(12-16(20)21)14(3)17(22)18-10-9-15-8-6-5-7-13(15)2;/h5-8,14H,4,9-12H2,1-3H3,(H,18,22)(H,20,21);1H. The van der Waals surface area contributed by atoms with Crippen LogP contribution in [0, 0.1) is 6.92 Å². The van der Waals surface area contributed by atoms with Gasteiger partial charge in [-0.25, -0.2) is 0 Å². The summed E-state index contributed by atoms with van der Waals surface area (Å²) in [7, 11) is 0. The number of nitrogens with zero attached hydrogens (tertiary/aromatic N) is 1. The first-order chi connectivity index (χ1) is 10.5. The van der Waals surface area contributed by atoms with Gasteiger partial charge in [0.1, 0.15) is 0 Å². The van der Waals surface area contributed by atoms with E-state index in [0.717, 1.165) is 12.8 Å². The largest absolute Gasteiger partial charge is 0.480 e. The molecule has 0 bridgehead atoms. The predicted molar refractivity (Wildman–Crippen MR) is 94.1 cm³/mol. The van der Waals surface area contributed by atoms with Gasteiger partial charge in [0.25, 0.3) is 0 Å². The molecule has 2 N–H and O–H groups in total. The number of aryl methyl sites for hydroxylation is 1. The van der Waals surface area contributed by atoms with Gasteiger partial charge < -0.3 is 10.4 Å². The van der Waals surface area contributed by atoms with Gasteiger partial charge in [0, 0.05) is 6.54 Å². The SMILES string of the molecule is CCCN(CC(=O)O)C(C)C(=O)NCCc1ccccc1C.Cl. The van der Waals surface area contributed by atoms with E-state index in [-0.39, 0.29) is 24.9 Å². The van der Waals surface area contributed by atoms with E-state index < -0.39 is 12.0 Å². The number of aliphatic carboxylic acids is 1. The van der Waals surface area contributed by atoms with Crippen molar-refractivity contribution < 1.29 is 14.7 Å². The van der Waals surface area contributed by atoms with Crippen LogP contribution in [0.5, 0.6) is 0 Å². The molecule has 0 aliphatic heterocycles. The van der Waals surface area contributed by atoms with Crippen molar-refractivity contribution in [1.29, 1.82) is 0 Å². The first-order valence-electron chi connectivity index (χ1n) is 7.73. The molecule has 0 saturated heterocycles. The van der Waals surface area contributed by atoms with Crippen molar-refractivity contribution in [3.63, 3.8) is 0 Å². The highest BCUT2D eigenvalue weighted by atomic mass is 35.5. The van der Waals surface area contributed by atoms with Crippen LogP contribution in [-0.4, -0.2) is 47.6 Å². The van der Waals surface area contributed by atoms with Crippen molar-refractivity contribution in [3.8, 4) is 0 Å². The third-order valence-electron chi connectivity index (χ3n) is 3.73. The lowest BCUT2D eigenvalue weighted by molar-refractivity contribution is -0.139. The number of rotatable bonds is 9. The Balaban J connectivity index is 0.00000484. The molecule has 6 heteroatoms. The number of benzene rings is 1. The van der Waals surface area contributed by atoms with E-state index in [2.05, 4.69) is 24.4 Å². The summed E-state index contributed by atoms with van der Waals surface area (Å²) in [6, 6.07) is 7.65. The Kier molecular flexibility index (Phi) is 10.3. The lowest BCUT2D eigenvalue weighted by Crippen LogP contribution is -2.47. The maximum absolute atomic E-state index is 12.2. The van der Waals surface area contributed by atoms with Crippen molar-refractivity contribution in [2.24, 2.45) is 0 Å². The smallest absolute Gasteiger partial charge is 0.317 e. The first kappa shape index (κ1) is 21.4. The first-order valence-corrected chi connectivity index (χ1v) is 7.73. The topological polar surface area (TPSA) is 69.6 Å². The molecule has 0 radical (unpaired) electrons. The van der Waals surface area contributed by atoms with Crippen LogP contribution in [0.25, 0.3) is 0 Å². The second-order valence-corrected chi connectivity index (χ2v) is 5.51. The molecule has 1 atom stereocenters. The van der Waals surface area contributed by atoms with Crippen LogP contribution < -0.4 is 5.32 Å². The van der Waals surface area contributed by atoms with Gasteiger partial charge >= 0.3 is 5.97 Å². The minimum Gasteiger partial charge on any atom is -0.480 e. The zero-order chi connectivity index (χ0) is 16.5. The Morgan fingerprint density at radius 1 is 1.30 bits per heavy atom. The molecule has 1 amide bonds.